The number of pyridine rings is 1. The topological polar surface area (TPSA) is 85.1 Å². The van der Waals surface area contributed by atoms with Gasteiger partial charge < -0.3 is 11.1 Å². The molecule has 3 N–H and O–H groups in total. The van der Waals surface area contributed by atoms with Gasteiger partial charge in [0.1, 0.15) is 0 Å². The van der Waals surface area contributed by atoms with Crippen LogP contribution in [0.3, 0.4) is 0 Å². The Bertz CT molecular complexity index is 670. The summed E-state index contributed by atoms with van der Waals surface area (Å²) in [6, 6.07) is 8.68. The van der Waals surface area contributed by atoms with Crippen molar-refractivity contribution in [2.75, 3.05) is 17.3 Å². The van der Waals surface area contributed by atoms with Crippen LogP contribution in [0.1, 0.15) is 5.56 Å². The monoisotopic (exact) mass is 277 g/mol. The number of nitrogen functional groups attached to an aromatic ring is 1. The van der Waals surface area contributed by atoms with Crippen LogP contribution >= 0.6 is 0 Å². The molecular weight excluding hydrogens is 262 g/mol. The SMILES string of the molecule is CS(=O)(=O)c1cccc(NCc2ccncc2)c1N. The van der Waals surface area contributed by atoms with Crippen molar-refractivity contribution >= 4 is 21.2 Å². The highest BCUT2D eigenvalue weighted by atomic mass is 32.2. The van der Waals surface area contributed by atoms with E-state index in [1.165, 1.54) is 6.07 Å². The van der Waals surface area contributed by atoms with Crippen molar-refractivity contribution in [1.82, 2.24) is 4.98 Å². The number of rotatable bonds is 4. The van der Waals surface area contributed by atoms with Gasteiger partial charge in [0, 0.05) is 25.2 Å². The second kappa shape index (κ2) is 5.27. The maximum absolute atomic E-state index is 11.6. The van der Waals surface area contributed by atoms with Crippen LogP contribution in [-0.4, -0.2) is 19.7 Å². The number of para-hydroxylation sites is 1. The molecule has 6 heteroatoms. The Morgan fingerprint density at radius 2 is 1.89 bits per heavy atom. The molecule has 0 saturated heterocycles. The van der Waals surface area contributed by atoms with Crippen LogP contribution in [0.2, 0.25) is 0 Å². The van der Waals surface area contributed by atoms with E-state index in [2.05, 4.69) is 10.3 Å². The normalized spacial score (nSPS) is 11.2. The minimum absolute atomic E-state index is 0.146. The van der Waals surface area contributed by atoms with Gasteiger partial charge in [-0.1, -0.05) is 6.07 Å². The van der Waals surface area contributed by atoms with Gasteiger partial charge in [-0.15, -0.1) is 0 Å². The van der Waals surface area contributed by atoms with E-state index in [9.17, 15) is 8.42 Å². The van der Waals surface area contributed by atoms with Crippen LogP contribution in [0.5, 0.6) is 0 Å². The van der Waals surface area contributed by atoms with Gasteiger partial charge in [0.2, 0.25) is 0 Å². The number of hydrogen-bond acceptors (Lipinski definition) is 5. The fraction of sp³-hybridized carbons (Fsp3) is 0.154. The lowest BCUT2D eigenvalue weighted by molar-refractivity contribution is 0.602. The molecule has 0 bridgehead atoms. The van der Waals surface area contributed by atoms with E-state index in [0.717, 1.165) is 11.8 Å². The first-order valence-electron chi connectivity index (χ1n) is 5.70. The number of benzene rings is 1. The summed E-state index contributed by atoms with van der Waals surface area (Å²) < 4.78 is 23.1. The summed E-state index contributed by atoms with van der Waals surface area (Å²) in [4.78, 5) is 4.08. The lowest BCUT2D eigenvalue weighted by Gasteiger charge is -2.12. The van der Waals surface area contributed by atoms with E-state index in [1.807, 2.05) is 12.1 Å². The summed E-state index contributed by atoms with van der Waals surface area (Å²) in [6.07, 6.45) is 4.55. The van der Waals surface area contributed by atoms with Crippen molar-refractivity contribution in [3.63, 3.8) is 0 Å². The quantitative estimate of drug-likeness (QED) is 0.830. The molecular formula is C13H15N3O2S. The molecule has 0 radical (unpaired) electrons. The largest absolute Gasteiger partial charge is 0.396 e. The smallest absolute Gasteiger partial charge is 0.177 e. The zero-order valence-electron chi connectivity index (χ0n) is 10.5. The lowest BCUT2D eigenvalue weighted by Crippen LogP contribution is -2.07. The third-order valence-corrected chi connectivity index (χ3v) is 3.85. The summed E-state index contributed by atoms with van der Waals surface area (Å²) in [6.45, 7) is 0.555. The molecule has 1 aromatic heterocycles. The van der Waals surface area contributed by atoms with Crippen molar-refractivity contribution in [1.29, 1.82) is 0 Å². The van der Waals surface area contributed by atoms with Crippen molar-refractivity contribution in [3.8, 4) is 0 Å². The van der Waals surface area contributed by atoms with Crippen molar-refractivity contribution < 1.29 is 8.42 Å². The van der Waals surface area contributed by atoms with Crippen LogP contribution < -0.4 is 11.1 Å². The van der Waals surface area contributed by atoms with Crippen LogP contribution in [0, 0.1) is 0 Å². The van der Waals surface area contributed by atoms with Crippen LogP contribution in [-0.2, 0) is 16.4 Å². The Morgan fingerprint density at radius 1 is 1.21 bits per heavy atom. The molecule has 0 aliphatic carbocycles. The lowest BCUT2D eigenvalue weighted by atomic mass is 10.2. The minimum atomic E-state index is -3.31. The number of sulfone groups is 1. The Hall–Kier alpha value is -2.08. The zero-order valence-corrected chi connectivity index (χ0v) is 11.3. The molecule has 5 nitrogen and oxygen atoms in total. The molecule has 2 aromatic rings. The first-order chi connectivity index (χ1) is 8.98. The van der Waals surface area contributed by atoms with Crippen molar-refractivity contribution in [2.45, 2.75) is 11.4 Å². The molecule has 0 aliphatic rings. The highest BCUT2D eigenvalue weighted by Crippen LogP contribution is 2.26. The van der Waals surface area contributed by atoms with E-state index in [1.54, 1.807) is 24.5 Å². The average Bonchev–Trinajstić information content (AvgIpc) is 2.37. The van der Waals surface area contributed by atoms with E-state index in [4.69, 9.17) is 5.73 Å². The maximum Gasteiger partial charge on any atom is 0.177 e. The van der Waals surface area contributed by atoms with Crippen LogP contribution in [0.15, 0.2) is 47.6 Å². The predicted molar refractivity (Wildman–Crippen MR) is 75.5 cm³/mol. The number of hydrogen-bond donors (Lipinski definition) is 2. The van der Waals surface area contributed by atoms with Crippen molar-refractivity contribution in [2.24, 2.45) is 0 Å². The van der Waals surface area contributed by atoms with Gasteiger partial charge in [-0.05, 0) is 29.8 Å². The molecule has 0 unspecified atom stereocenters. The van der Waals surface area contributed by atoms with Gasteiger partial charge in [-0.2, -0.15) is 0 Å². The molecule has 0 saturated carbocycles. The van der Waals surface area contributed by atoms with E-state index >= 15 is 0 Å². The number of nitrogens with two attached hydrogens (primary N) is 1. The third-order valence-electron chi connectivity index (χ3n) is 2.70. The Kier molecular flexibility index (Phi) is 3.71. The second-order valence-electron chi connectivity index (χ2n) is 4.20. The summed E-state index contributed by atoms with van der Waals surface area (Å²) >= 11 is 0. The number of nitrogens with one attached hydrogen (secondary N) is 1. The average molecular weight is 277 g/mol. The molecule has 2 rings (SSSR count). The molecule has 19 heavy (non-hydrogen) atoms. The number of nitrogens with zero attached hydrogens (tertiary/aromatic N) is 1. The van der Waals surface area contributed by atoms with E-state index < -0.39 is 9.84 Å². The molecule has 0 amide bonds. The van der Waals surface area contributed by atoms with Crippen LogP contribution in [0.25, 0.3) is 0 Å². The van der Waals surface area contributed by atoms with E-state index in [0.29, 0.717) is 12.2 Å². The molecule has 0 spiro atoms. The van der Waals surface area contributed by atoms with Gasteiger partial charge in [0.05, 0.1) is 16.3 Å². The first-order valence-corrected chi connectivity index (χ1v) is 7.59. The molecule has 0 fully saturated rings. The highest BCUT2D eigenvalue weighted by molar-refractivity contribution is 7.90. The van der Waals surface area contributed by atoms with E-state index in [-0.39, 0.29) is 10.6 Å². The fourth-order valence-electron chi connectivity index (χ4n) is 1.72. The Morgan fingerprint density at radius 3 is 2.53 bits per heavy atom. The van der Waals surface area contributed by atoms with Gasteiger partial charge in [-0.3, -0.25) is 4.98 Å². The van der Waals surface area contributed by atoms with Crippen LogP contribution in [0.4, 0.5) is 11.4 Å². The number of anilines is 2. The molecule has 1 heterocycles. The highest BCUT2D eigenvalue weighted by Gasteiger charge is 2.13. The second-order valence-corrected chi connectivity index (χ2v) is 6.18. The number of aromatic nitrogens is 1. The van der Waals surface area contributed by atoms with Gasteiger partial charge >= 0.3 is 0 Å². The molecule has 1 aromatic carbocycles. The summed E-state index contributed by atoms with van der Waals surface area (Å²) in [5, 5.41) is 3.12. The predicted octanol–water partition coefficient (Wildman–Crippen LogP) is 1.68. The van der Waals surface area contributed by atoms with Crippen molar-refractivity contribution in [3.05, 3.63) is 48.3 Å². The first kappa shape index (κ1) is 13.4. The maximum atomic E-state index is 11.6. The van der Waals surface area contributed by atoms with Gasteiger partial charge in [-0.25, -0.2) is 8.42 Å². The summed E-state index contributed by atoms with van der Waals surface area (Å²) in [5.41, 5.74) is 7.78. The Labute approximate surface area is 112 Å². The summed E-state index contributed by atoms with van der Waals surface area (Å²) in [7, 11) is -3.31. The summed E-state index contributed by atoms with van der Waals surface area (Å²) in [5.74, 6) is 0. The third kappa shape index (κ3) is 3.23. The molecule has 0 atom stereocenters. The van der Waals surface area contributed by atoms with Gasteiger partial charge in [0.25, 0.3) is 0 Å². The fourth-order valence-corrected chi connectivity index (χ4v) is 2.55. The molecule has 100 valence electrons. The zero-order chi connectivity index (χ0) is 13.9. The minimum Gasteiger partial charge on any atom is -0.396 e. The van der Waals surface area contributed by atoms with Gasteiger partial charge in [0.15, 0.2) is 9.84 Å². The Balaban J connectivity index is 2.23. The molecule has 0 aliphatic heterocycles. The standard InChI is InChI=1S/C13H15N3O2S/c1-19(17,18)12-4-2-3-11(13(12)14)16-9-10-5-7-15-8-6-10/h2-8,16H,9,14H2,1H3.